The third-order valence-electron chi connectivity index (χ3n) is 3.24. The van der Waals surface area contributed by atoms with E-state index in [4.69, 9.17) is 0 Å². The lowest BCUT2D eigenvalue weighted by atomic mass is 10.2. The monoisotopic (exact) mass is 283 g/mol. The number of hydrogen-bond acceptors (Lipinski definition) is 3. The van der Waals surface area contributed by atoms with Crippen LogP contribution in [0.2, 0.25) is 0 Å². The van der Waals surface area contributed by atoms with E-state index in [9.17, 15) is 4.79 Å². The third kappa shape index (κ3) is 4.31. The highest BCUT2D eigenvalue weighted by Gasteiger charge is 2.12. The normalized spacial score (nSPS) is 10.2. The Hall–Kier alpha value is -2.36. The zero-order chi connectivity index (χ0) is 15.1. The van der Waals surface area contributed by atoms with Crippen LogP contribution in [0.1, 0.15) is 30.1 Å². The van der Waals surface area contributed by atoms with Crippen LogP contribution in [0, 0.1) is 0 Å². The Balaban J connectivity index is 2.08. The standard InChI is InChI=1S/C17H21N3O/c1-3-4-10-20(2)17(21)14-11-16(13-18-12-14)19-15-8-6-5-7-9-15/h5-9,11-13,19H,3-4,10H2,1-2H3. The molecule has 0 aliphatic rings. The number of carbonyl (C=O) groups is 1. The highest BCUT2D eigenvalue weighted by Crippen LogP contribution is 2.16. The van der Waals surface area contributed by atoms with Gasteiger partial charge in [0, 0.05) is 25.5 Å². The number of unbranched alkanes of at least 4 members (excludes halogenated alkanes) is 1. The lowest BCUT2D eigenvalue weighted by Crippen LogP contribution is -2.27. The number of nitrogens with one attached hydrogen (secondary N) is 1. The number of pyridine rings is 1. The number of carbonyl (C=O) groups excluding carboxylic acids is 1. The number of rotatable bonds is 6. The van der Waals surface area contributed by atoms with Crippen molar-refractivity contribution in [3.8, 4) is 0 Å². The number of anilines is 2. The van der Waals surface area contributed by atoms with Crippen LogP contribution < -0.4 is 5.32 Å². The van der Waals surface area contributed by atoms with Crippen molar-refractivity contribution >= 4 is 17.3 Å². The fraction of sp³-hybridized carbons (Fsp3) is 0.294. The second kappa shape index (κ2) is 7.43. The largest absolute Gasteiger partial charge is 0.354 e. The second-order valence-corrected chi connectivity index (χ2v) is 5.03. The summed E-state index contributed by atoms with van der Waals surface area (Å²) in [6.45, 7) is 2.88. The molecule has 0 atom stereocenters. The molecule has 0 fully saturated rings. The molecule has 0 bridgehead atoms. The minimum absolute atomic E-state index is 0.00709. The Morgan fingerprint density at radius 3 is 2.67 bits per heavy atom. The summed E-state index contributed by atoms with van der Waals surface area (Å²) in [6.07, 6.45) is 5.42. The number of nitrogens with zero attached hydrogens (tertiary/aromatic N) is 2. The smallest absolute Gasteiger partial charge is 0.255 e. The van der Waals surface area contributed by atoms with E-state index in [1.54, 1.807) is 17.3 Å². The Labute approximate surface area is 125 Å². The minimum atomic E-state index is 0.00709. The molecule has 0 spiro atoms. The molecule has 0 aliphatic carbocycles. The SMILES string of the molecule is CCCCN(C)C(=O)c1cncc(Nc2ccccc2)c1. The molecule has 1 N–H and O–H groups in total. The van der Waals surface area contributed by atoms with E-state index in [2.05, 4.69) is 17.2 Å². The van der Waals surface area contributed by atoms with E-state index in [1.165, 1.54) is 0 Å². The number of para-hydroxylation sites is 1. The van der Waals surface area contributed by atoms with Gasteiger partial charge in [0.2, 0.25) is 0 Å². The van der Waals surface area contributed by atoms with Crippen LogP contribution in [0.25, 0.3) is 0 Å². The van der Waals surface area contributed by atoms with Crippen LogP contribution in [0.3, 0.4) is 0 Å². The van der Waals surface area contributed by atoms with Crippen molar-refractivity contribution in [2.45, 2.75) is 19.8 Å². The Morgan fingerprint density at radius 1 is 1.19 bits per heavy atom. The van der Waals surface area contributed by atoms with Gasteiger partial charge >= 0.3 is 0 Å². The van der Waals surface area contributed by atoms with Crippen LogP contribution in [-0.2, 0) is 0 Å². The molecule has 0 radical (unpaired) electrons. The summed E-state index contributed by atoms with van der Waals surface area (Å²) in [5, 5.41) is 3.25. The first-order chi connectivity index (χ1) is 10.2. The van der Waals surface area contributed by atoms with Gasteiger partial charge in [-0.25, -0.2) is 0 Å². The molecule has 4 nitrogen and oxygen atoms in total. The van der Waals surface area contributed by atoms with Crippen molar-refractivity contribution in [2.75, 3.05) is 18.9 Å². The summed E-state index contributed by atoms with van der Waals surface area (Å²) in [7, 11) is 1.83. The average Bonchev–Trinajstić information content (AvgIpc) is 2.53. The number of hydrogen-bond donors (Lipinski definition) is 1. The van der Waals surface area contributed by atoms with Gasteiger partial charge in [0.05, 0.1) is 17.4 Å². The summed E-state index contributed by atoms with van der Waals surface area (Å²) in [5.41, 5.74) is 2.40. The van der Waals surface area contributed by atoms with Crippen LogP contribution in [-0.4, -0.2) is 29.4 Å². The summed E-state index contributed by atoms with van der Waals surface area (Å²) < 4.78 is 0. The van der Waals surface area contributed by atoms with Gasteiger partial charge in [-0.3, -0.25) is 9.78 Å². The molecule has 2 aromatic rings. The molecule has 0 saturated heterocycles. The van der Waals surface area contributed by atoms with Gasteiger partial charge in [-0.2, -0.15) is 0 Å². The summed E-state index contributed by atoms with van der Waals surface area (Å²) in [5.74, 6) is 0.00709. The van der Waals surface area contributed by atoms with E-state index >= 15 is 0 Å². The molecule has 2 rings (SSSR count). The number of amides is 1. The maximum atomic E-state index is 12.3. The first-order valence-electron chi connectivity index (χ1n) is 7.23. The zero-order valence-electron chi connectivity index (χ0n) is 12.5. The predicted octanol–water partition coefficient (Wildman–Crippen LogP) is 3.70. The highest BCUT2D eigenvalue weighted by atomic mass is 16.2. The van der Waals surface area contributed by atoms with E-state index in [0.717, 1.165) is 30.8 Å². The molecular weight excluding hydrogens is 262 g/mol. The summed E-state index contributed by atoms with van der Waals surface area (Å²) >= 11 is 0. The summed E-state index contributed by atoms with van der Waals surface area (Å²) in [6, 6.07) is 11.7. The lowest BCUT2D eigenvalue weighted by Gasteiger charge is -2.17. The van der Waals surface area contributed by atoms with Gasteiger partial charge in [-0.05, 0) is 24.6 Å². The van der Waals surface area contributed by atoms with Crippen molar-refractivity contribution in [1.82, 2.24) is 9.88 Å². The van der Waals surface area contributed by atoms with Crippen molar-refractivity contribution in [1.29, 1.82) is 0 Å². The van der Waals surface area contributed by atoms with Crippen LogP contribution in [0.5, 0.6) is 0 Å². The topological polar surface area (TPSA) is 45.2 Å². The molecule has 0 saturated carbocycles. The fourth-order valence-electron chi connectivity index (χ4n) is 2.03. The molecule has 1 amide bonds. The van der Waals surface area contributed by atoms with E-state index in [1.807, 2.05) is 43.4 Å². The van der Waals surface area contributed by atoms with E-state index < -0.39 is 0 Å². The maximum Gasteiger partial charge on any atom is 0.255 e. The molecule has 1 aromatic carbocycles. The number of aromatic nitrogens is 1. The molecule has 0 aliphatic heterocycles. The molecule has 0 unspecified atom stereocenters. The molecule has 1 heterocycles. The van der Waals surface area contributed by atoms with Crippen molar-refractivity contribution in [3.63, 3.8) is 0 Å². The minimum Gasteiger partial charge on any atom is -0.354 e. The molecule has 21 heavy (non-hydrogen) atoms. The van der Waals surface area contributed by atoms with Crippen molar-refractivity contribution in [2.24, 2.45) is 0 Å². The maximum absolute atomic E-state index is 12.3. The summed E-state index contributed by atoms with van der Waals surface area (Å²) in [4.78, 5) is 18.2. The van der Waals surface area contributed by atoms with Crippen LogP contribution >= 0.6 is 0 Å². The fourth-order valence-corrected chi connectivity index (χ4v) is 2.03. The van der Waals surface area contributed by atoms with E-state index in [-0.39, 0.29) is 5.91 Å². The second-order valence-electron chi connectivity index (χ2n) is 5.03. The van der Waals surface area contributed by atoms with Gasteiger partial charge in [0.25, 0.3) is 5.91 Å². The average molecular weight is 283 g/mol. The molecular formula is C17H21N3O. The van der Waals surface area contributed by atoms with Crippen molar-refractivity contribution < 1.29 is 4.79 Å². The van der Waals surface area contributed by atoms with Gasteiger partial charge in [0.1, 0.15) is 0 Å². The van der Waals surface area contributed by atoms with Crippen LogP contribution in [0.15, 0.2) is 48.8 Å². The molecule has 110 valence electrons. The van der Waals surface area contributed by atoms with Gasteiger partial charge in [0.15, 0.2) is 0 Å². The van der Waals surface area contributed by atoms with Gasteiger partial charge in [-0.15, -0.1) is 0 Å². The van der Waals surface area contributed by atoms with Gasteiger partial charge in [-0.1, -0.05) is 31.5 Å². The lowest BCUT2D eigenvalue weighted by molar-refractivity contribution is 0.0793. The van der Waals surface area contributed by atoms with Crippen molar-refractivity contribution in [3.05, 3.63) is 54.4 Å². The first kappa shape index (κ1) is 15.0. The predicted molar refractivity (Wildman–Crippen MR) is 85.8 cm³/mol. The first-order valence-corrected chi connectivity index (χ1v) is 7.23. The van der Waals surface area contributed by atoms with Crippen LogP contribution in [0.4, 0.5) is 11.4 Å². The Kier molecular flexibility index (Phi) is 5.32. The van der Waals surface area contributed by atoms with E-state index in [0.29, 0.717) is 5.56 Å². The Morgan fingerprint density at radius 2 is 1.95 bits per heavy atom. The quantitative estimate of drug-likeness (QED) is 0.879. The number of benzene rings is 1. The molecule has 1 aromatic heterocycles. The zero-order valence-corrected chi connectivity index (χ0v) is 12.5. The Bertz CT molecular complexity index is 584. The third-order valence-corrected chi connectivity index (χ3v) is 3.24. The molecule has 4 heteroatoms. The van der Waals surface area contributed by atoms with Gasteiger partial charge < -0.3 is 10.2 Å². The highest BCUT2D eigenvalue weighted by molar-refractivity contribution is 5.94.